The topological polar surface area (TPSA) is 79.4 Å². The molecule has 1 atom stereocenters. The van der Waals surface area contributed by atoms with E-state index in [0.717, 1.165) is 81.2 Å². The molecule has 0 bridgehead atoms. The van der Waals surface area contributed by atoms with Gasteiger partial charge in [0.15, 0.2) is 0 Å². The van der Waals surface area contributed by atoms with Crippen molar-refractivity contribution in [3.8, 4) is 23.6 Å². The smallest absolute Gasteiger partial charge is 0.263 e. The number of thiophene rings is 1. The highest BCUT2D eigenvalue weighted by Crippen LogP contribution is 2.41. The highest BCUT2D eigenvalue weighted by molar-refractivity contribution is 7.21. The Bertz CT molecular complexity index is 1500. The number of rotatable bonds is 3. The normalized spacial score (nSPS) is 18.5. The van der Waals surface area contributed by atoms with Crippen molar-refractivity contribution in [1.29, 1.82) is 0 Å². The van der Waals surface area contributed by atoms with Gasteiger partial charge in [-0.1, -0.05) is 5.92 Å². The predicted octanol–water partition coefficient (Wildman–Crippen LogP) is 3.87. The Hall–Kier alpha value is -3.51. The minimum atomic E-state index is -0.0252. The van der Waals surface area contributed by atoms with Crippen LogP contribution in [0.2, 0.25) is 0 Å². The van der Waals surface area contributed by atoms with Crippen LogP contribution in [0.15, 0.2) is 36.5 Å². The summed E-state index contributed by atoms with van der Waals surface area (Å²) in [5, 5.41) is 8.62. The molecule has 1 fully saturated rings. The summed E-state index contributed by atoms with van der Waals surface area (Å²) in [6.07, 6.45) is 7.54. The minimum Gasteiger partial charge on any atom is -0.381 e. The van der Waals surface area contributed by atoms with Gasteiger partial charge in [0, 0.05) is 59.5 Å². The summed E-state index contributed by atoms with van der Waals surface area (Å²) in [5.41, 5.74) is 5.33. The van der Waals surface area contributed by atoms with Crippen molar-refractivity contribution in [1.82, 2.24) is 20.2 Å². The van der Waals surface area contributed by atoms with Crippen LogP contribution in [0.5, 0.6) is 0 Å². The molecule has 8 heteroatoms. The summed E-state index contributed by atoms with van der Waals surface area (Å²) < 4.78 is 6.57. The lowest BCUT2D eigenvalue weighted by Crippen LogP contribution is -2.35. The number of pyridine rings is 2. The average Bonchev–Trinajstić information content (AvgIpc) is 3.20. The lowest BCUT2D eigenvalue weighted by molar-refractivity contribution is 0.0342. The van der Waals surface area contributed by atoms with Crippen molar-refractivity contribution < 1.29 is 9.53 Å². The Labute approximate surface area is 207 Å². The molecule has 0 unspecified atom stereocenters. The van der Waals surface area contributed by atoms with Gasteiger partial charge in [-0.15, -0.1) is 17.8 Å². The highest BCUT2D eigenvalue weighted by atomic mass is 32.1. The second kappa shape index (κ2) is 8.93. The molecule has 7 nitrogen and oxygen atoms in total. The fourth-order valence-electron chi connectivity index (χ4n) is 4.80. The molecule has 1 amide bonds. The summed E-state index contributed by atoms with van der Waals surface area (Å²) in [6.45, 7) is 6.72. The van der Waals surface area contributed by atoms with Gasteiger partial charge in [-0.2, -0.15) is 0 Å². The van der Waals surface area contributed by atoms with Crippen LogP contribution in [0, 0.1) is 12.3 Å². The number of anilines is 1. The molecule has 0 spiro atoms. The van der Waals surface area contributed by atoms with Gasteiger partial charge in [0.2, 0.25) is 0 Å². The number of hydrogen-bond acceptors (Lipinski definition) is 7. The third kappa shape index (κ3) is 4.02. The fraction of sp³-hybridized carbons (Fsp3) is 0.296. The number of nitrogens with one attached hydrogen (secondary N) is 2. The number of morpholine rings is 1. The predicted molar refractivity (Wildman–Crippen MR) is 140 cm³/mol. The number of benzene rings is 1. The van der Waals surface area contributed by atoms with Crippen molar-refractivity contribution in [3.05, 3.63) is 52.7 Å². The van der Waals surface area contributed by atoms with Gasteiger partial charge >= 0.3 is 0 Å². The summed E-state index contributed by atoms with van der Waals surface area (Å²) in [7, 11) is 0. The molecular weight excluding hydrogens is 458 g/mol. The van der Waals surface area contributed by atoms with E-state index < -0.39 is 0 Å². The summed E-state index contributed by atoms with van der Waals surface area (Å²) in [6, 6.07) is 10.3. The standard InChI is InChI=1S/C27H25N5O2S/c1-3-18-12-20(17(14-28-18)15-32-8-10-34-11-9-32)22-5-4-19-21(31-22)6-7-23-24(19)25-26(35-23)27(33)30-16(2)13-29-25/h1,4-7,12,14,16,29H,8-11,13,15H2,2H3,(H,30,33)/t16-/m1/s1. The van der Waals surface area contributed by atoms with Crippen molar-refractivity contribution >= 4 is 43.9 Å². The average molecular weight is 484 g/mol. The summed E-state index contributed by atoms with van der Waals surface area (Å²) in [4.78, 5) is 25.3. The molecule has 0 aliphatic carbocycles. The zero-order valence-electron chi connectivity index (χ0n) is 19.4. The molecule has 0 saturated carbocycles. The number of amides is 1. The number of fused-ring (bicyclic) bond motifs is 5. The molecule has 5 heterocycles. The molecule has 176 valence electrons. The number of aromatic nitrogens is 2. The lowest BCUT2D eigenvalue weighted by atomic mass is 10.0. The number of carbonyl (C=O) groups excluding carboxylic acids is 1. The second-order valence-electron chi connectivity index (χ2n) is 9.02. The number of carbonyl (C=O) groups is 1. The fourth-order valence-corrected chi connectivity index (χ4v) is 5.90. The quantitative estimate of drug-likeness (QED) is 0.431. The van der Waals surface area contributed by atoms with Crippen LogP contribution >= 0.6 is 11.3 Å². The van der Waals surface area contributed by atoms with E-state index in [2.05, 4.69) is 38.6 Å². The van der Waals surface area contributed by atoms with Crippen LogP contribution in [-0.2, 0) is 11.3 Å². The number of nitrogens with zero attached hydrogens (tertiary/aromatic N) is 3. The molecule has 2 aliphatic rings. The van der Waals surface area contributed by atoms with E-state index >= 15 is 0 Å². The molecule has 4 aromatic rings. The van der Waals surface area contributed by atoms with Gasteiger partial charge in [0.05, 0.1) is 30.1 Å². The Morgan fingerprint density at radius 3 is 2.94 bits per heavy atom. The first-order valence-electron chi connectivity index (χ1n) is 11.8. The third-order valence-electron chi connectivity index (χ3n) is 6.60. The summed E-state index contributed by atoms with van der Waals surface area (Å²) >= 11 is 1.52. The number of hydrogen-bond donors (Lipinski definition) is 2. The molecule has 2 N–H and O–H groups in total. The van der Waals surface area contributed by atoms with Crippen molar-refractivity contribution in [3.63, 3.8) is 0 Å². The lowest BCUT2D eigenvalue weighted by Gasteiger charge is -2.27. The van der Waals surface area contributed by atoms with Gasteiger partial charge in [-0.25, -0.2) is 9.97 Å². The van der Waals surface area contributed by atoms with Crippen molar-refractivity contribution in [2.45, 2.75) is 19.5 Å². The van der Waals surface area contributed by atoms with Crippen molar-refractivity contribution in [2.24, 2.45) is 0 Å². The summed E-state index contributed by atoms with van der Waals surface area (Å²) in [5.74, 6) is 2.63. The van der Waals surface area contributed by atoms with Crippen LogP contribution in [0.4, 0.5) is 5.69 Å². The van der Waals surface area contributed by atoms with E-state index in [1.807, 2.05) is 31.3 Å². The van der Waals surface area contributed by atoms with Gasteiger partial charge < -0.3 is 15.4 Å². The van der Waals surface area contributed by atoms with Gasteiger partial charge in [0.1, 0.15) is 10.6 Å². The first kappa shape index (κ1) is 22.0. The van der Waals surface area contributed by atoms with E-state index in [9.17, 15) is 4.79 Å². The molecule has 2 aliphatic heterocycles. The van der Waals surface area contributed by atoms with Gasteiger partial charge in [0.25, 0.3) is 5.91 Å². The largest absolute Gasteiger partial charge is 0.381 e. The number of terminal acetylenes is 1. The number of ether oxygens (including phenoxy) is 1. The van der Waals surface area contributed by atoms with E-state index in [1.54, 1.807) is 0 Å². The van der Waals surface area contributed by atoms with E-state index in [4.69, 9.17) is 16.1 Å². The van der Waals surface area contributed by atoms with E-state index in [0.29, 0.717) is 12.2 Å². The molecule has 35 heavy (non-hydrogen) atoms. The van der Waals surface area contributed by atoms with Crippen LogP contribution < -0.4 is 10.6 Å². The van der Waals surface area contributed by atoms with E-state index in [1.165, 1.54) is 11.3 Å². The first-order valence-corrected chi connectivity index (χ1v) is 12.6. The Kier molecular flexibility index (Phi) is 5.61. The van der Waals surface area contributed by atoms with Gasteiger partial charge in [-0.05, 0) is 42.8 Å². The molecule has 1 aromatic carbocycles. The maximum absolute atomic E-state index is 12.7. The van der Waals surface area contributed by atoms with Crippen LogP contribution in [0.25, 0.3) is 32.2 Å². The molecule has 3 aromatic heterocycles. The monoisotopic (exact) mass is 483 g/mol. The maximum Gasteiger partial charge on any atom is 0.263 e. The molecule has 6 rings (SSSR count). The molecular formula is C27H25N5O2S. The first-order chi connectivity index (χ1) is 17.1. The van der Waals surface area contributed by atoms with Crippen molar-refractivity contribution in [2.75, 3.05) is 38.2 Å². The zero-order chi connectivity index (χ0) is 23.9. The highest BCUT2D eigenvalue weighted by Gasteiger charge is 2.25. The van der Waals surface area contributed by atoms with E-state index in [-0.39, 0.29) is 11.9 Å². The third-order valence-corrected chi connectivity index (χ3v) is 7.75. The Morgan fingerprint density at radius 2 is 2.11 bits per heavy atom. The SMILES string of the molecule is C#Cc1cc(-c2ccc3c(ccc4sc5c(c43)NC[C@@H](C)NC5=O)n2)c(CN2CCOCC2)cn1. The molecule has 0 radical (unpaired) electrons. The second-order valence-corrected chi connectivity index (χ2v) is 10.1. The minimum absolute atomic E-state index is 0.0252. The zero-order valence-corrected chi connectivity index (χ0v) is 20.2. The Morgan fingerprint density at radius 1 is 1.26 bits per heavy atom. The Balaban J connectivity index is 1.46. The van der Waals surface area contributed by atoms with Gasteiger partial charge in [-0.3, -0.25) is 9.69 Å². The maximum atomic E-state index is 12.7. The molecule has 1 saturated heterocycles. The van der Waals surface area contributed by atoms with Crippen LogP contribution in [-0.4, -0.2) is 59.7 Å². The van der Waals surface area contributed by atoms with Crippen LogP contribution in [0.1, 0.15) is 27.9 Å². The van der Waals surface area contributed by atoms with Crippen LogP contribution in [0.3, 0.4) is 0 Å².